The second kappa shape index (κ2) is 5.81. The molecule has 2 N–H and O–H groups in total. The summed E-state index contributed by atoms with van der Waals surface area (Å²) < 4.78 is 27.3. The van der Waals surface area contributed by atoms with Crippen molar-refractivity contribution < 1.29 is 8.42 Å². The zero-order chi connectivity index (χ0) is 14.0. The van der Waals surface area contributed by atoms with Gasteiger partial charge in [0, 0.05) is 23.2 Å². The number of anilines is 1. The molecule has 1 aliphatic rings. The summed E-state index contributed by atoms with van der Waals surface area (Å²) in [5.74, 6) is 0.486. The van der Waals surface area contributed by atoms with Crippen LogP contribution in [-0.2, 0) is 10.0 Å². The smallest absolute Gasteiger partial charge is 0.244 e. The van der Waals surface area contributed by atoms with Crippen molar-refractivity contribution in [2.24, 2.45) is 5.92 Å². The molecule has 19 heavy (non-hydrogen) atoms. The minimum Gasteiger partial charge on any atom is -0.399 e. The molecule has 1 heterocycles. The van der Waals surface area contributed by atoms with Gasteiger partial charge >= 0.3 is 0 Å². The fraction of sp³-hybridized carbons (Fsp3) is 0.538. The number of hydrogen-bond donors (Lipinski definition) is 1. The fourth-order valence-corrected chi connectivity index (χ4v) is 5.01. The van der Waals surface area contributed by atoms with Crippen molar-refractivity contribution in [1.82, 2.24) is 4.31 Å². The maximum absolute atomic E-state index is 12.6. The highest BCUT2D eigenvalue weighted by atomic mass is 79.9. The van der Waals surface area contributed by atoms with Crippen molar-refractivity contribution in [3.8, 4) is 0 Å². The fourth-order valence-electron chi connectivity index (χ4n) is 2.52. The van der Waals surface area contributed by atoms with Gasteiger partial charge < -0.3 is 5.73 Å². The van der Waals surface area contributed by atoms with E-state index in [4.69, 9.17) is 5.73 Å². The Morgan fingerprint density at radius 1 is 1.47 bits per heavy atom. The van der Waals surface area contributed by atoms with Gasteiger partial charge in [-0.1, -0.05) is 13.3 Å². The second-order valence-corrected chi connectivity index (χ2v) is 7.76. The number of hydrogen-bond acceptors (Lipinski definition) is 3. The van der Waals surface area contributed by atoms with E-state index in [2.05, 4.69) is 22.9 Å². The average Bonchev–Trinajstić information content (AvgIpc) is 2.82. The van der Waals surface area contributed by atoms with E-state index in [-0.39, 0.29) is 4.90 Å². The highest BCUT2D eigenvalue weighted by molar-refractivity contribution is 9.10. The standard InChI is InChI=1S/C13H19BrN2O2S/c1-2-3-10-6-7-16(9-10)19(17,18)13-8-11(15)4-5-12(13)14/h4-5,8,10H,2-3,6-7,9,15H2,1H3. The van der Waals surface area contributed by atoms with Gasteiger partial charge in [0.1, 0.15) is 0 Å². The minimum atomic E-state index is -3.44. The molecule has 6 heteroatoms. The van der Waals surface area contributed by atoms with Crippen molar-refractivity contribution in [2.45, 2.75) is 31.1 Å². The summed E-state index contributed by atoms with van der Waals surface area (Å²) in [6.07, 6.45) is 3.14. The van der Waals surface area contributed by atoms with Crippen molar-refractivity contribution in [2.75, 3.05) is 18.8 Å². The van der Waals surface area contributed by atoms with Crippen LogP contribution in [0, 0.1) is 5.92 Å². The van der Waals surface area contributed by atoms with Crippen LogP contribution in [0.25, 0.3) is 0 Å². The van der Waals surface area contributed by atoms with Gasteiger partial charge in [-0.15, -0.1) is 0 Å². The van der Waals surface area contributed by atoms with Gasteiger partial charge in [0.15, 0.2) is 0 Å². The van der Waals surface area contributed by atoms with Gasteiger partial charge in [0.2, 0.25) is 10.0 Å². The molecule has 1 fully saturated rings. The Balaban J connectivity index is 2.26. The van der Waals surface area contributed by atoms with Gasteiger partial charge in [-0.25, -0.2) is 8.42 Å². The molecule has 2 rings (SSSR count). The second-order valence-electron chi connectivity index (χ2n) is 5.00. The first-order chi connectivity index (χ1) is 8.95. The number of rotatable bonds is 4. The van der Waals surface area contributed by atoms with E-state index in [0.29, 0.717) is 29.2 Å². The first-order valence-electron chi connectivity index (χ1n) is 6.50. The third kappa shape index (κ3) is 3.12. The molecule has 0 radical (unpaired) electrons. The van der Waals surface area contributed by atoms with E-state index in [9.17, 15) is 8.42 Å². The Morgan fingerprint density at radius 2 is 2.21 bits per heavy atom. The van der Waals surface area contributed by atoms with Gasteiger partial charge in [-0.05, 0) is 52.9 Å². The van der Waals surface area contributed by atoms with Crippen LogP contribution in [0.3, 0.4) is 0 Å². The van der Waals surface area contributed by atoms with Crippen molar-refractivity contribution in [3.05, 3.63) is 22.7 Å². The van der Waals surface area contributed by atoms with Gasteiger partial charge in [0.05, 0.1) is 4.90 Å². The molecular formula is C13H19BrN2O2S. The Bertz CT molecular complexity index is 560. The SMILES string of the molecule is CCCC1CCN(S(=O)(=O)c2cc(N)ccc2Br)C1. The van der Waals surface area contributed by atoms with Crippen LogP contribution in [-0.4, -0.2) is 25.8 Å². The molecule has 1 aromatic rings. The molecule has 1 unspecified atom stereocenters. The lowest BCUT2D eigenvalue weighted by molar-refractivity contribution is 0.444. The molecule has 1 aromatic carbocycles. The number of nitrogen functional groups attached to an aromatic ring is 1. The largest absolute Gasteiger partial charge is 0.399 e. The van der Waals surface area contributed by atoms with Gasteiger partial charge in [-0.3, -0.25) is 0 Å². The molecule has 0 bridgehead atoms. The Kier molecular flexibility index (Phi) is 4.53. The summed E-state index contributed by atoms with van der Waals surface area (Å²) in [5.41, 5.74) is 6.16. The van der Waals surface area contributed by atoms with Crippen LogP contribution in [0.4, 0.5) is 5.69 Å². The predicted octanol–water partition coefficient (Wildman–Crippen LogP) is 2.84. The van der Waals surface area contributed by atoms with Gasteiger partial charge in [0.25, 0.3) is 0 Å². The highest BCUT2D eigenvalue weighted by Gasteiger charge is 2.33. The molecule has 4 nitrogen and oxygen atoms in total. The lowest BCUT2D eigenvalue weighted by Gasteiger charge is -2.17. The maximum atomic E-state index is 12.6. The first-order valence-corrected chi connectivity index (χ1v) is 8.73. The highest BCUT2D eigenvalue weighted by Crippen LogP contribution is 2.31. The monoisotopic (exact) mass is 346 g/mol. The molecule has 0 amide bonds. The average molecular weight is 347 g/mol. The lowest BCUT2D eigenvalue weighted by atomic mass is 10.0. The summed E-state index contributed by atoms with van der Waals surface area (Å²) in [6.45, 7) is 3.36. The molecule has 0 aromatic heterocycles. The summed E-state index contributed by atoms with van der Waals surface area (Å²) >= 11 is 3.30. The number of nitrogens with zero attached hydrogens (tertiary/aromatic N) is 1. The van der Waals surface area contributed by atoms with E-state index in [1.54, 1.807) is 16.4 Å². The number of halogens is 1. The molecule has 1 aliphatic heterocycles. The molecular weight excluding hydrogens is 328 g/mol. The van der Waals surface area contributed by atoms with E-state index >= 15 is 0 Å². The maximum Gasteiger partial charge on any atom is 0.244 e. The van der Waals surface area contributed by atoms with Crippen LogP contribution in [0.2, 0.25) is 0 Å². The molecule has 0 aliphatic carbocycles. The number of benzene rings is 1. The zero-order valence-corrected chi connectivity index (χ0v) is 13.4. The molecule has 106 valence electrons. The van der Waals surface area contributed by atoms with Crippen LogP contribution in [0.15, 0.2) is 27.6 Å². The van der Waals surface area contributed by atoms with E-state index in [1.807, 2.05) is 0 Å². The summed E-state index contributed by atoms with van der Waals surface area (Å²) in [7, 11) is -3.44. The molecule has 0 spiro atoms. The minimum absolute atomic E-state index is 0.268. The normalized spacial score (nSPS) is 20.8. The quantitative estimate of drug-likeness (QED) is 0.852. The van der Waals surface area contributed by atoms with Crippen LogP contribution < -0.4 is 5.73 Å². The molecule has 1 atom stereocenters. The van der Waals surface area contributed by atoms with E-state index in [0.717, 1.165) is 19.3 Å². The molecule has 1 saturated heterocycles. The van der Waals surface area contributed by atoms with Crippen molar-refractivity contribution >= 4 is 31.6 Å². The van der Waals surface area contributed by atoms with E-state index < -0.39 is 10.0 Å². The number of sulfonamides is 1. The first kappa shape index (κ1) is 14.8. The van der Waals surface area contributed by atoms with E-state index in [1.165, 1.54) is 6.07 Å². The summed E-state index contributed by atoms with van der Waals surface area (Å²) in [6, 6.07) is 4.89. The van der Waals surface area contributed by atoms with Gasteiger partial charge in [-0.2, -0.15) is 4.31 Å². The van der Waals surface area contributed by atoms with Crippen LogP contribution in [0.1, 0.15) is 26.2 Å². The summed E-state index contributed by atoms with van der Waals surface area (Å²) in [4.78, 5) is 0.268. The third-order valence-electron chi connectivity index (χ3n) is 3.52. The Labute approximate surface area is 123 Å². The lowest BCUT2D eigenvalue weighted by Crippen LogP contribution is -2.29. The zero-order valence-electron chi connectivity index (χ0n) is 11.0. The van der Waals surface area contributed by atoms with Crippen molar-refractivity contribution in [3.63, 3.8) is 0 Å². The van der Waals surface area contributed by atoms with Crippen molar-refractivity contribution in [1.29, 1.82) is 0 Å². The molecule has 0 saturated carbocycles. The number of nitrogens with two attached hydrogens (primary N) is 1. The predicted molar refractivity (Wildman–Crippen MR) is 80.3 cm³/mol. The third-order valence-corrected chi connectivity index (χ3v) is 6.38. The van der Waals surface area contributed by atoms with Crippen LogP contribution in [0.5, 0.6) is 0 Å². The Hall–Kier alpha value is -0.590. The summed E-state index contributed by atoms with van der Waals surface area (Å²) in [5, 5.41) is 0. The van der Waals surface area contributed by atoms with Crippen LogP contribution >= 0.6 is 15.9 Å². The topological polar surface area (TPSA) is 63.4 Å². The Morgan fingerprint density at radius 3 is 2.89 bits per heavy atom.